The molecule has 0 saturated heterocycles. The van der Waals surface area contributed by atoms with Crippen molar-refractivity contribution in [3.05, 3.63) is 29.3 Å². The van der Waals surface area contributed by atoms with Crippen molar-refractivity contribution in [3.63, 3.8) is 0 Å². The van der Waals surface area contributed by atoms with Gasteiger partial charge < -0.3 is 15.4 Å². The van der Waals surface area contributed by atoms with E-state index < -0.39 is 17.6 Å². The van der Waals surface area contributed by atoms with Crippen LogP contribution < -0.4 is 15.4 Å². The van der Waals surface area contributed by atoms with E-state index in [-0.39, 0.29) is 42.8 Å². The molecule has 0 spiro atoms. The fourth-order valence-corrected chi connectivity index (χ4v) is 1.95. The summed E-state index contributed by atoms with van der Waals surface area (Å²) in [4.78, 5) is 22.3. The third-order valence-corrected chi connectivity index (χ3v) is 2.96. The number of carbonyl (C=O) groups is 2. The number of amides is 2. The molecule has 8 heteroatoms. The highest BCUT2D eigenvalue weighted by Gasteiger charge is 2.33. The van der Waals surface area contributed by atoms with E-state index in [0.29, 0.717) is 0 Å². The van der Waals surface area contributed by atoms with Crippen LogP contribution in [0.4, 0.5) is 13.2 Å². The topological polar surface area (TPSA) is 67.4 Å². The van der Waals surface area contributed by atoms with E-state index in [1.165, 1.54) is 19.1 Å². The van der Waals surface area contributed by atoms with Crippen LogP contribution in [0, 0.1) is 0 Å². The summed E-state index contributed by atoms with van der Waals surface area (Å²) in [6.07, 6.45) is -4.80. The largest absolute Gasteiger partial charge is 0.491 e. The van der Waals surface area contributed by atoms with Gasteiger partial charge in [-0.25, -0.2) is 0 Å². The van der Waals surface area contributed by atoms with Crippen molar-refractivity contribution >= 4 is 11.8 Å². The molecule has 1 aromatic carbocycles. The maximum atomic E-state index is 13.2. The van der Waals surface area contributed by atoms with Gasteiger partial charge >= 0.3 is 6.18 Å². The lowest BCUT2D eigenvalue weighted by atomic mass is 10.1. The number of halogens is 3. The van der Waals surface area contributed by atoms with Crippen LogP contribution in [0.2, 0.25) is 0 Å². The quantitative estimate of drug-likeness (QED) is 0.798. The zero-order valence-electron chi connectivity index (χ0n) is 13.8. The summed E-state index contributed by atoms with van der Waals surface area (Å²) in [6.45, 7) is 4.63. The highest BCUT2D eigenvalue weighted by molar-refractivity contribution is 5.77. The molecule has 0 aliphatic carbocycles. The zero-order valence-corrected chi connectivity index (χ0v) is 13.8. The Morgan fingerprint density at radius 2 is 1.88 bits per heavy atom. The fraction of sp³-hybridized carbons (Fsp3) is 0.500. The molecule has 0 aliphatic rings. The van der Waals surface area contributed by atoms with Gasteiger partial charge in [0, 0.05) is 26.4 Å². The van der Waals surface area contributed by atoms with Crippen LogP contribution in [0.3, 0.4) is 0 Å². The van der Waals surface area contributed by atoms with E-state index in [1.807, 2.05) is 0 Å². The van der Waals surface area contributed by atoms with Gasteiger partial charge in [0.05, 0.1) is 11.7 Å². The molecule has 2 amide bonds. The van der Waals surface area contributed by atoms with Crippen LogP contribution in [0.15, 0.2) is 18.2 Å². The first kappa shape index (κ1) is 19.8. The molecule has 5 nitrogen and oxygen atoms in total. The number of nitrogens with one attached hydrogen (secondary N) is 2. The summed E-state index contributed by atoms with van der Waals surface area (Å²) in [6, 6.07) is 3.65. The van der Waals surface area contributed by atoms with Gasteiger partial charge in [0.2, 0.25) is 11.8 Å². The SMILES string of the molecule is CC(=O)NCCC(=O)NCc1ccc(OC(C)C)cc1C(F)(F)F. The van der Waals surface area contributed by atoms with E-state index >= 15 is 0 Å². The first-order valence-corrected chi connectivity index (χ1v) is 7.47. The Kier molecular flexibility index (Phi) is 7.06. The average molecular weight is 346 g/mol. The Labute approximate surface area is 138 Å². The van der Waals surface area contributed by atoms with E-state index in [4.69, 9.17) is 4.74 Å². The van der Waals surface area contributed by atoms with Crippen LogP contribution in [-0.4, -0.2) is 24.5 Å². The first-order chi connectivity index (χ1) is 11.1. The molecule has 134 valence electrons. The van der Waals surface area contributed by atoms with Gasteiger partial charge in [-0.05, 0) is 31.5 Å². The van der Waals surface area contributed by atoms with Crippen molar-refractivity contribution in [2.24, 2.45) is 0 Å². The number of benzene rings is 1. The van der Waals surface area contributed by atoms with E-state index in [2.05, 4.69) is 10.6 Å². The second kappa shape index (κ2) is 8.56. The maximum Gasteiger partial charge on any atom is 0.416 e. The Morgan fingerprint density at radius 3 is 2.42 bits per heavy atom. The molecule has 1 aromatic rings. The highest BCUT2D eigenvalue weighted by atomic mass is 19.4. The number of carbonyl (C=O) groups excluding carboxylic acids is 2. The van der Waals surface area contributed by atoms with E-state index in [9.17, 15) is 22.8 Å². The molecule has 0 fully saturated rings. The minimum atomic E-state index is -4.55. The zero-order chi connectivity index (χ0) is 18.3. The van der Waals surface area contributed by atoms with Gasteiger partial charge in [-0.1, -0.05) is 6.07 Å². The number of alkyl halides is 3. The molecule has 0 bridgehead atoms. The van der Waals surface area contributed by atoms with Crippen molar-refractivity contribution in [1.29, 1.82) is 0 Å². The minimum Gasteiger partial charge on any atom is -0.491 e. The molecular weight excluding hydrogens is 325 g/mol. The number of rotatable bonds is 7. The molecule has 0 heterocycles. The lowest BCUT2D eigenvalue weighted by molar-refractivity contribution is -0.138. The van der Waals surface area contributed by atoms with Gasteiger partial charge in [-0.15, -0.1) is 0 Å². The molecule has 0 aliphatic heterocycles. The monoisotopic (exact) mass is 346 g/mol. The fourth-order valence-electron chi connectivity index (χ4n) is 1.95. The Hall–Kier alpha value is -2.25. The van der Waals surface area contributed by atoms with Crippen molar-refractivity contribution in [2.75, 3.05) is 6.54 Å². The van der Waals surface area contributed by atoms with Gasteiger partial charge in [0.15, 0.2) is 0 Å². The molecule has 24 heavy (non-hydrogen) atoms. The Morgan fingerprint density at radius 1 is 1.21 bits per heavy atom. The summed E-state index contributed by atoms with van der Waals surface area (Å²) in [5, 5.41) is 4.85. The van der Waals surface area contributed by atoms with E-state index in [1.54, 1.807) is 13.8 Å². The van der Waals surface area contributed by atoms with Crippen LogP contribution in [-0.2, 0) is 22.3 Å². The van der Waals surface area contributed by atoms with Crippen LogP contribution >= 0.6 is 0 Å². The predicted molar refractivity (Wildman–Crippen MR) is 82.4 cm³/mol. The second-order valence-electron chi connectivity index (χ2n) is 5.49. The van der Waals surface area contributed by atoms with Gasteiger partial charge in [-0.2, -0.15) is 13.2 Å². The molecule has 0 saturated carbocycles. The minimum absolute atomic E-state index is 0.00449. The van der Waals surface area contributed by atoms with Gasteiger partial charge in [-0.3, -0.25) is 9.59 Å². The number of hydrogen-bond donors (Lipinski definition) is 2. The second-order valence-corrected chi connectivity index (χ2v) is 5.49. The lowest BCUT2D eigenvalue weighted by Crippen LogP contribution is -2.29. The smallest absolute Gasteiger partial charge is 0.416 e. The number of ether oxygens (including phenoxy) is 1. The first-order valence-electron chi connectivity index (χ1n) is 7.47. The standard InChI is InChI=1S/C16H21F3N2O3/c1-10(2)24-13-5-4-12(14(8-13)16(17,18)19)9-21-15(23)6-7-20-11(3)22/h4-5,8,10H,6-7,9H2,1-3H3,(H,20,22)(H,21,23). The summed E-state index contributed by atoms with van der Waals surface area (Å²) in [5.74, 6) is -0.597. The van der Waals surface area contributed by atoms with Crippen molar-refractivity contribution in [1.82, 2.24) is 10.6 Å². The summed E-state index contributed by atoms with van der Waals surface area (Å²) >= 11 is 0. The molecule has 2 N–H and O–H groups in total. The summed E-state index contributed by atoms with van der Waals surface area (Å²) in [5.41, 5.74) is -0.894. The predicted octanol–water partition coefficient (Wildman–Crippen LogP) is 2.64. The van der Waals surface area contributed by atoms with Gasteiger partial charge in [0.1, 0.15) is 5.75 Å². The molecule has 0 unspecified atom stereocenters. The van der Waals surface area contributed by atoms with Crippen molar-refractivity contribution < 1.29 is 27.5 Å². The Bertz CT molecular complexity index is 586. The third kappa shape index (κ3) is 6.89. The highest BCUT2D eigenvalue weighted by Crippen LogP contribution is 2.34. The average Bonchev–Trinajstić information content (AvgIpc) is 2.43. The molecule has 0 aromatic heterocycles. The van der Waals surface area contributed by atoms with Crippen molar-refractivity contribution in [2.45, 2.75) is 46.0 Å². The van der Waals surface area contributed by atoms with Crippen LogP contribution in [0.25, 0.3) is 0 Å². The summed E-state index contributed by atoms with van der Waals surface area (Å²) < 4.78 is 44.8. The number of hydrogen-bond acceptors (Lipinski definition) is 3. The third-order valence-electron chi connectivity index (χ3n) is 2.96. The maximum absolute atomic E-state index is 13.2. The lowest BCUT2D eigenvalue weighted by Gasteiger charge is -2.17. The molecule has 0 radical (unpaired) electrons. The normalized spacial score (nSPS) is 11.3. The molecule has 1 rings (SSSR count). The van der Waals surface area contributed by atoms with Crippen LogP contribution in [0.5, 0.6) is 5.75 Å². The van der Waals surface area contributed by atoms with Gasteiger partial charge in [0.25, 0.3) is 0 Å². The molecular formula is C16H21F3N2O3. The van der Waals surface area contributed by atoms with Crippen molar-refractivity contribution in [3.8, 4) is 5.75 Å². The molecule has 0 atom stereocenters. The Balaban J connectivity index is 2.76. The van der Waals surface area contributed by atoms with Crippen LogP contribution in [0.1, 0.15) is 38.3 Å². The van der Waals surface area contributed by atoms with E-state index in [0.717, 1.165) is 6.07 Å². The summed E-state index contributed by atoms with van der Waals surface area (Å²) in [7, 11) is 0.